The summed E-state index contributed by atoms with van der Waals surface area (Å²) in [6.45, 7) is 1.94. The van der Waals surface area contributed by atoms with Crippen molar-refractivity contribution >= 4 is 32.7 Å². The number of nitrogens with zero attached hydrogens (tertiary/aromatic N) is 3. The molecule has 1 fully saturated rings. The number of H-pyrrole nitrogens is 1. The second-order valence-corrected chi connectivity index (χ2v) is 7.35. The van der Waals surface area contributed by atoms with Gasteiger partial charge in [0.25, 0.3) is 0 Å². The van der Waals surface area contributed by atoms with E-state index in [0.29, 0.717) is 0 Å². The third-order valence-electron chi connectivity index (χ3n) is 4.66. The van der Waals surface area contributed by atoms with Crippen LogP contribution in [0.4, 0.5) is 0 Å². The number of nitrogens with one attached hydrogen (secondary N) is 1. The summed E-state index contributed by atoms with van der Waals surface area (Å²) < 4.78 is 0. The number of hydrogen-bond donors (Lipinski definition) is 1. The van der Waals surface area contributed by atoms with E-state index in [9.17, 15) is 0 Å². The molecule has 4 aromatic heterocycles. The highest BCUT2D eigenvalue weighted by molar-refractivity contribution is 7.18. The Morgan fingerprint density at radius 2 is 2.09 bits per heavy atom. The van der Waals surface area contributed by atoms with E-state index in [2.05, 4.69) is 39.2 Å². The first kappa shape index (κ1) is 13.2. The summed E-state index contributed by atoms with van der Waals surface area (Å²) in [5.41, 5.74) is 3.72. The minimum Gasteiger partial charge on any atom is -0.341 e. The maximum Gasteiger partial charge on any atom is 0.177 e. The molecular weight excluding hydrogens is 304 g/mol. The molecule has 1 N–H and O–H groups in total. The quantitative estimate of drug-likeness (QED) is 0.576. The van der Waals surface area contributed by atoms with Crippen LogP contribution in [0.5, 0.6) is 0 Å². The highest BCUT2D eigenvalue weighted by Gasteiger charge is 2.21. The van der Waals surface area contributed by atoms with E-state index in [0.717, 1.165) is 39.0 Å². The van der Waals surface area contributed by atoms with Crippen LogP contribution in [0.2, 0.25) is 0 Å². The normalized spacial score (nSPS) is 15.3. The molecule has 0 unspecified atom stereocenters. The van der Waals surface area contributed by atoms with Gasteiger partial charge >= 0.3 is 0 Å². The van der Waals surface area contributed by atoms with Crippen molar-refractivity contribution in [1.82, 2.24) is 19.9 Å². The number of pyridine rings is 2. The Morgan fingerprint density at radius 3 is 2.91 bits per heavy atom. The molecule has 23 heavy (non-hydrogen) atoms. The summed E-state index contributed by atoms with van der Waals surface area (Å²) in [5, 5.41) is 1.26. The summed E-state index contributed by atoms with van der Waals surface area (Å²) in [7, 11) is 0. The summed E-state index contributed by atoms with van der Waals surface area (Å²) >= 11 is 1.85. The monoisotopic (exact) mass is 320 g/mol. The largest absolute Gasteiger partial charge is 0.341 e. The minimum atomic E-state index is 0.760. The van der Waals surface area contributed by atoms with Crippen LogP contribution in [-0.2, 0) is 0 Å². The molecule has 1 saturated carbocycles. The van der Waals surface area contributed by atoms with Crippen molar-refractivity contribution in [3.63, 3.8) is 0 Å². The predicted molar refractivity (Wildman–Crippen MR) is 93.8 cm³/mol. The van der Waals surface area contributed by atoms with Gasteiger partial charge in [-0.2, -0.15) is 0 Å². The molecule has 1 aliphatic carbocycles. The summed E-state index contributed by atoms with van der Waals surface area (Å²) in [6.07, 6.45) is 5.89. The lowest BCUT2D eigenvalue weighted by molar-refractivity contribution is 0.426. The number of imidazole rings is 1. The van der Waals surface area contributed by atoms with Crippen LogP contribution in [0.1, 0.15) is 35.9 Å². The van der Waals surface area contributed by atoms with Gasteiger partial charge in [-0.3, -0.25) is 0 Å². The maximum atomic E-state index is 4.86. The Morgan fingerprint density at radius 1 is 1.17 bits per heavy atom. The third kappa shape index (κ3) is 2.15. The summed E-state index contributed by atoms with van der Waals surface area (Å²) in [5.74, 6) is 1.65. The molecule has 4 nitrogen and oxygen atoms in total. The molecule has 4 aromatic rings. The molecule has 0 aliphatic heterocycles. The van der Waals surface area contributed by atoms with Gasteiger partial charge in [0.15, 0.2) is 5.65 Å². The van der Waals surface area contributed by atoms with E-state index in [1.54, 1.807) is 0 Å². The number of fused-ring (bicyclic) bond motifs is 2. The van der Waals surface area contributed by atoms with Crippen LogP contribution in [0, 0.1) is 6.92 Å². The number of rotatable bonds is 2. The van der Waals surface area contributed by atoms with Gasteiger partial charge in [0, 0.05) is 22.0 Å². The Hall–Kier alpha value is -2.27. The first-order valence-electron chi connectivity index (χ1n) is 7.99. The molecule has 114 valence electrons. The number of aryl methyl sites for hydroxylation is 1. The zero-order chi connectivity index (χ0) is 15.4. The first-order chi connectivity index (χ1) is 11.3. The molecule has 5 heteroatoms. The number of aromatic amines is 1. The van der Waals surface area contributed by atoms with E-state index >= 15 is 0 Å². The van der Waals surface area contributed by atoms with Crippen LogP contribution in [0.25, 0.3) is 32.6 Å². The Bertz CT molecular complexity index is 1030. The van der Waals surface area contributed by atoms with Gasteiger partial charge in [0.1, 0.15) is 10.7 Å². The van der Waals surface area contributed by atoms with Crippen LogP contribution in [0.15, 0.2) is 30.5 Å². The van der Waals surface area contributed by atoms with E-state index in [1.165, 1.54) is 29.5 Å². The predicted octanol–water partition coefficient (Wildman–Crippen LogP) is 4.81. The van der Waals surface area contributed by atoms with Crippen molar-refractivity contribution < 1.29 is 0 Å². The average molecular weight is 320 g/mol. The van der Waals surface area contributed by atoms with Gasteiger partial charge in [-0.05, 0) is 49.9 Å². The van der Waals surface area contributed by atoms with Crippen LogP contribution in [-0.4, -0.2) is 19.9 Å². The molecule has 0 saturated heterocycles. The lowest BCUT2D eigenvalue weighted by Crippen LogP contribution is -2.06. The van der Waals surface area contributed by atoms with Crippen LogP contribution >= 0.6 is 11.3 Å². The molecule has 5 rings (SSSR count). The van der Waals surface area contributed by atoms with Gasteiger partial charge in [0.2, 0.25) is 0 Å². The van der Waals surface area contributed by atoms with Gasteiger partial charge in [-0.25, -0.2) is 15.0 Å². The molecule has 0 amide bonds. The van der Waals surface area contributed by atoms with E-state index < -0.39 is 0 Å². The maximum absolute atomic E-state index is 4.86. The average Bonchev–Trinajstić information content (AvgIpc) is 3.05. The number of thiophene rings is 1. The van der Waals surface area contributed by atoms with Crippen molar-refractivity contribution in [2.75, 3.05) is 0 Å². The fourth-order valence-electron chi connectivity index (χ4n) is 3.15. The molecule has 4 heterocycles. The van der Waals surface area contributed by atoms with Crippen LogP contribution in [0.3, 0.4) is 0 Å². The van der Waals surface area contributed by atoms with Gasteiger partial charge in [-0.15, -0.1) is 11.3 Å². The van der Waals surface area contributed by atoms with Crippen molar-refractivity contribution in [1.29, 1.82) is 0 Å². The van der Waals surface area contributed by atoms with Gasteiger partial charge < -0.3 is 4.98 Å². The van der Waals surface area contributed by atoms with Crippen molar-refractivity contribution in [2.24, 2.45) is 0 Å². The smallest absolute Gasteiger partial charge is 0.177 e. The lowest BCUT2D eigenvalue weighted by atomic mass is 9.84. The zero-order valence-corrected chi connectivity index (χ0v) is 13.7. The van der Waals surface area contributed by atoms with Crippen LogP contribution < -0.4 is 0 Å². The van der Waals surface area contributed by atoms with Gasteiger partial charge in [-0.1, -0.05) is 6.42 Å². The Balaban J connectivity index is 1.59. The van der Waals surface area contributed by atoms with E-state index in [-0.39, 0.29) is 0 Å². The topological polar surface area (TPSA) is 54.5 Å². The molecule has 0 atom stereocenters. The second-order valence-electron chi connectivity index (χ2n) is 6.28. The Kier molecular flexibility index (Phi) is 2.79. The van der Waals surface area contributed by atoms with E-state index in [4.69, 9.17) is 4.98 Å². The standard InChI is InChI=1S/C18H16N4S/c1-10-20-15-7-13(9-19-17(15)21-10)14-6-5-12-8-16(11-3-2-4-11)23-18(12)22-14/h5-9,11H,2-4H2,1H3,(H,19,20,21). The first-order valence-corrected chi connectivity index (χ1v) is 8.81. The Labute approximate surface area is 137 Å². The minimum absolute atomic E-state index is 0.760. The van der Waals surface area contributed by atoms with E-state index in [1.807, 2.05) is 24.5 Å². The van der Waals surface area contributed by atoms with Gasteiger partial charge in [0.05, 0.1) is 11.2 Å². The SMILES string of the molecule is Cc1nc2ncc(-c3ccc4cc(C5CCC5)sc4n3)cc2[nH]1. The summed E-state index contributed by atoms with van der Waals surface area (Å²) in [4.78, 5) is 19.5. The van der Waals surface area contributed by atoms with Crippen molar-refractivity contribution in [3.05, 3.63) is 41.2 Å². The molecule has 0 radical (unpaired) electrons. The highest BCUT2D eigenvalue weighted by Crippen LogP contribution is 2.41. The lowest BCUT2D eigenvalue weighted by Gasteiger charge is -2.23. The fourth-order valence-corrected chi connectivity index (χ4v) is 4.35. The highest BCUT2D eigenvalue weighted by atomic mass is 32.1. The van der Waals surface area contributed by atoms with Crippen molar-refractivity contribution in [2.45, 2.75) is 32.1 Å². The molecule has 0 aromatic carbocycles. The molecule has 1 aliphatic rings. The second kappa shape index (κ2) is 4.86. The molecule has 0 spiro atoms. The summed E-state index contributed by atoms with van der Waals surface area (Å²) in [6, 6.07) is 8.67. The fraction of sp³-hybridized carbons (Fsp3) is 0.278. The number of hydrogen-bond acceptors (Lipinski definition) is 4. The molecule has 0 bridgehead atoms. The third-order valence-corrected chi connectivity index (χ3v) is 5.87. The molecular formula is C18H16N4S. The zero-order valence-electron chi connectivity index (χ0n) is 12.8. The van der Waals surface area contributed by atoms with Crippen molar-refractivity contribution in [3.8, 4) is 11.3 Å². The number of aromatic nitrogens is 4.